The first-order valence-corrected chi connectivity index (χ1v) is 8.78. The van der Waals surface area contributed by atoms with Crippen LogP contribution in [0.15, 0.2) is 36.4 Å². The number of nitrogens with two attached hydrogens (primary N) is 1. The lowest BCUT2D eigenvalue weighted by molar-refractivity contribution is -0.133. The Hall–Kier alpha value is -1.78. The molecule has 2 aromatic carbocycles. The Morgan fingerprint density at radius 3 is 2.60 bits per heavy atom. The molecule has 0 radical (unpaired) electrons. The highest BCUT2D eigenvalue weighted by atomic mass is 35.5. The average molecular weight is 363 g/mol. The third-order valence-electron chi connectivity index (χ3n) is 4.99. The van der Waals surface area contributed by atoms with Gasteiger partial charge in [-0.25, -0.2) is 0 Å². The maximum absolute atomic E-state index is 12.7. The highest BCUT2D eigenvalue weighted by Crippen LogP contribution is 2.32. The van der Waals surface area contributed by atoms with E-state index in [0.29, 0.717) is 25.6 Å². The molecule has 3 rings (SSSR count). The number of halogens is 1. The van der Waals surface area contributed by atoms with Crippen molar-refractivity contribution >= 4 is 29.1 Å². The van der Waals surface area contributed by atoms with E-state index < -0.39 is 0 Å². The molecule has 2 aromatic rings. The molecule has 4 nitrogen and oxygen atoms in total. The lowest BCUT2D eigenvalue weighted by atomic mass is 10.0. The van der Waals surface area contributed by atoms with Crippen molar-refractivity contribution in [3.8, 4) is 5.75 Å². The van der Waals surface area contributed by atoms with Crippen LogP contribution in [0, 0.1) is 0 Å². The number of carbonyl (C=O) groups excluding carboxylic acids is 1. The van der Waals surface area contributed by atoms with Crippen molar-refractivity contribution in [3.05, 3.63) is 42.0 Å². The molecule has 1 aliphatic rings. The Morgan fingerprint density at radius 2 is 1.92 bits per heavy atom. The lowest BCUT2D eigenvalue weighted by Gasteiger charge is -2.30. The van der Waals surface area contributed by atoms with E-state index in [0.717, 1.165) is 29.5 Å². The predicted octanol–water partition coefficient (Wildman–Crippen LogP) is 3.89. The van der Waals surface area contributed by atoms with Crippen molar-refractivity contribution in [2.45, 2.75) is 44.7 Å². The van der Waals surface area contributed by atoms with Crippen LogP contribution in [0.5, 0.6) is 5.75 Å². The van der Waals surface area contributed by atoms with Crippen LogP contribution in [0.4, 0.5) is 0 Å². The summed E-state index contributed by atoms with van der Waals surface area (Å²) in [5.74, 6) is 0.997. The minimum absolute atomic E-state index is 0. The Balaban J connectivity index is 0.00000225. The summed E-state index contributed by atoms with van der Waals surface area (Å²) in [5, 5.41) is 2.33. The van der Waals surface area contributed by atoms with Gasteiger partial charge < -0.3 is 15.4 Å². The van der Waals surface area contributed by atoms with Gasteiger partial charge in [0.15, 0.2) is 0 Å². The molecular formula is C20H27ClN2O2. The summed E-state index contributed by atoms with van der Waals surface area (Å²) in [5.41, 5.74) is 6.72. The molecule has 0 saturated heterocycles. The number of fused-ring (bicyclic) bond motifs is 1. The smallest absolute Gasteiger partial charge is 0.224 e. The molecule has 25 heavy (non-hydrogen) atoms. The number of carbonyl (C=O) groups is 1. The fourth-order valence-electron chi connectivity index (χ4n) is 3.74. The van der Waals surface area contributed by atoms with Crippen LogP contribution < -0.4 is 10.5 Å². The number of benzene rings is 2. The fourth-order valence-corrected chi connectivity index (χ4v) is 3.74. The first kappa shape index (κ1) is 19.5. The average Bonchev–Trinajstić information content (AvgIpc) is 3.13. The van der Waals surface area contributed by atoms with Crippen LogP contribution in [-0.4, -0.2) is 30.5 Å². The summed E-state index contributed by atoms with van der Waals surface area (Å²) in [6.07, 6.45) is 4.98. The predicted molar refractivity (Wildman–Crippen MR) is 104 cm³/mol. The lowest BCUT2D eigenvalue weighted by Crippen LogP contribution is -2.39. The van der Waals surface area contributed by atoms with Crippen molar-refractivity contribution in [2.75, 3.05) is 13.7 Å². The van der Waals surface area contributed by atoms with Gasteiger partial charge >= 0.3 is 0 Å². The molecule has 0 unspecified atom stereocenters. The van der Waals surface area contributed by atoms with Gasteiger partial charge in [-0.3, -0.25) is 4.79 Å². The Morgan fingerprint density at radius 1 is 1.20 bits per heavy atom. The Kier molecular flexibility index (Phi) is 7.09. The van der Waals surface area contributed by atoms with E-state index in [2.05, 4.69) is 18.2 Å². The van der Waals surface area contributed by atoms with Crippen molar-refractivity contribution in [2.24, 2.45) is 5.73 Å². The van der Waals surface area contributed by atoms with Gasteiger partial charge in [0.05, 0.1) is 13.7 Å². The second-order valence-electron chi connectivity index (χ2n) is 6.47. The Labute approximate surface area is 155 Å². The minimum Gasteiger partial charge on any atom is -0.496 e. The first-order valence-electron chi connectivity index (χ1n) is 8.78. The molecule has 1 aliphatic carbocycles. The summed E-state index contributed by atoms with van der Waals surface area (Å²) < 4.78 is 5.59. The number of amides is 1. The zero-order valence-corrected chi connectivity index (χ0v) is 15.6. The van der Waals surface area contributed by atoms with Crippen molar-refractivity contribution in [3.63, 3.8) is 0 Å². The third kappa shape index (κ3) is 4.25. The van der Waals surface area contributed by atoms with Crippen LogP contribution in [0.3, 0.4) is 0 Å². The zero-order chi connectivity index (χ0) is 16.9. The van der Waals surface area contributed by atoms with Gasteiger partial charge in [-0.1, -0.05) is 43.2 Å². The van der Waals surface area contributed by atoms with Crippen LogP contribution in [0.1, 0.15) is 37.7 Å². The number of rotatable bonds is 6. The highest BCUT2D eigenvalue weighted by molar-refractivity contribution is 5.88. The van der Waals surface area contributed by atoms with Gasteiger partial charge in [-0.05, 0) is 29.7 Å². The van der Waals surface area contributed by atoms with Gasteiger partial charge in [0, 0.05) is 24.6 Å². The first-order chi connectivity index (χ1) is 11.7. The highest BCUT2D eigenvalue weighted by Gasteiger charge is 2.27. The molecule has 2 N–H and O–H groups in total. The van der Waals surface area contributed by atoms with Crippen LogP contribution in [0.2, 0.25) is 0 Å². The molecule has 1 amide bonds. The van der Waals surface area contributed by atoms with Crippen molar-refractivity contribution in [1.82, 2.24) is 4.90 Å². The van der Waals surface area contributed by atoms with E-state index in [1.807, 2.05) is 23.1 Å². The summed E-state index contributed by atoms with van der Waals surface area (Å²) in [4.78, 5) is 14.7. The second-order valence-corrected chi connectivity index (χ2v) is 6.47. The maximum atomic E-state index is 12.7. The second kappa shape index (κ2) is 9.07. The molecule has 0 bridgehead atoms. The number of nitrogens with zero attached hydrogens (tertiary/aromatic N) is 1. The normalized spacial score (nSPS) is 14.3. The Bertz CT molecular complexity index is 714. The molecule has 0 spiro atoms. The maximum Gasteiger partial charge on any atom is 0.224 e. The van der Waals surface area contributed by atoms with E-state index in [-0.39, 0.29) is 18.3 Å². The van der Waals surface area contributed by atoms with Gasteiger partial charge in [-0.2, -0.15) is 0 Å². The van der Waals surface area contributed by atoms with E-state index in [1.165, 1.54) is 18.2 Å². The summed E-state index contributed by atoms with van der Waals surface area (Å²) in [6, 6.07) is 12.7. The standard InChI is InChI=1S/C20H26N2O2.ClH/c1-24-19-11-10-15-6-2-5-9-17(15)18(19)14-22(20(23)12-13-21)16-7-3-4-8-16;/h2,5-6,9-11,16H,3-4,7-8,12-14,21H2,1H3;1H. The number of ether oxygens (including phenoxy) is 1. The zero-order valence-electron chi connectivity index (χ0n) is 14.7. The third-order valence-corrected chi connectivity index (χ3v) is 4.99. The van der Waals surface area contributed by atoms with Crippen LogP contribution in [-0.2, 0) is 11.3 Å². The number of hydrogen-bond acceptors (Lipinski definition) is 3. The van der Waals surface area contributed by atoms with Gasteiger partial charge in [-0.15, -0.1) is 12.4 Å². The molecule has 0 aliphatic heterocycles. The van der Waals surface area contributed by atoms with E-state index in [4.69, 9.17) is 10.5 Å². The van der Waals surface area contributed by atoms with E-state index >= 15 is 0 Å². The van der Waals surface area contributed by atoms with Gasteiger partial charge in [0.25, 0.3) is 0 Å². The van der Waals surface area contributed by atoms with Crippen molar-refractivity contribution < 1.29 is 9.53 Å². The fraction of sp³-hybridized carbons (Fsp3) is 0.450. The number of hydrogen-bond donors (Lipinski definition) is 1. The molecule has 1 fully saturated rings. The molecule has 0 atom stereocenters. The van der Waals surface area contributed by atoms with Crippen LogP contribution in [0.25, 0.3) is 10.8 Å². The van der Waals surface area contributed by atoms with Crippen LogP contribution >= 0.6 is 12.4 Å². The molecule has 136 valence electrons. The summed E-state index contributed by atoms with van der Waals surface area (Å²) in [6.45, 7) is 0.989. The van der Waals surface area contributed by atoms with Gasteiger partial charge in [0.1, 0.15) is 5.75 Å². The SMILES string of the molecule is COc1ccc2ccccc2c1CN(C(=O)CCN)C1CCCC1.Cl. The number of methoxy groups -OCH3 is 1. The van der Waals surface area contributed by atoms with E-state index in [1.54, 1.807) is 7.11 Å². The van der Waals surface area contributed by atoms with E-state index in [9.17, 15) is 4.79 Å². The summed E-state index contributed by atoms with van der Waals surface area (Å²) >= 11 is 0. The molecular weight excluding hydrogens is 336 g/mol. The largest absolute Gasteiger partial charge is 0.496 e. The summed E-state index contributed by atoms with van der Waals surface area (Å²) in [7, 11) is 1.69. The molecule has 1 saturated carbocycles. The molecule has 0 aromatic heterocycles. The van der Waals surface area contributed by atoms with Gasteiger partial charge in [0.2, 0.25) is 5.91 Å². The monoisotopic (exact) mass is 362 g/mol. The quantitative estimate of drug-likeness (QED) is 0.848. The molecule has 5 heteroatoms. The minimum atomic E-state index is 0. The molecule has 0 heterocycles. The topological polar surface area (TPSA) is 55.6 Å². The van der Waals surface area contributed by atoms with Crippen molar-refractivity contribution in [1.29, 1.82) is 0 Å².